The van der Waals surface area contributed by atoms with Gasteiger partial charge < -0.3 is 0 Å². The van der Waals surface area contributed by atoms with Gasteiger partial charge in [0.1, 0.15) is 0 Å². The summed E-state index contributed by atoms with van der Waals surface area (Å²) in [4.78, 5) is 2.63. The van der Waals surface area contributed by atoms with Gasteiger partial charge in [0.15, 0.2) is 0 Å². The number of rotatable bonds is 4. The van der Waals surface area contributed by atoms with Gasteiger partial charge in [-0.3, -0.25) is 4.90 Å². The first kappa shape index (κ1) is 10.5. The second-order valence-electron chi connectivity index (χ2n) is 4.17. The van der Waals surface area contributed by atoms with Crippen LogP contribution in [0, 0.1) is 5.92 Å². The van der Waals surface area contributed by atoms with Crippen molar-refractivity contribution in [3.8, 4) is 0 Å². The van der Waals surface area contributed by atoms with Gasteiger partial charge in [0, 0.05) is 11.4 Å². The topological polar surface area (TPSA) is 3.24 Å². The Hall–Kier alpha value is 0.440. The van der Waals surface area contributed by atoms with Gasteiger partial charge in [-0.25, -0.2) is 0 Å². The van der Waals surface area contributed by atoms with Crippen LogP contribution in [-0.2, 0) is 0 Å². The zero-order chi connectivity index (χ0) is 8.97. The van der Waals surface area contributed by atoms with Crippen molar-refractivity contribution in [2.24, 2.45) is 5.92 Å². The van der Waals surface area contributed by atoms with E-state index in [2.05, 4.69) is 34.7 Å². The first-order chi connectivity index (χ1) is 5.74. The lowest BCUT2D eigenvalue weighted by Crippen LogP contribution is -2.31. The fourth-order valence-corrected chi connectivity index (χ4v) is 2.52. The molecular formula is C10H20BrN. The minimum atomic E-state index is 0.823. The van der Waals surface area contributed by atoms with E-state index >= 15 is 0 Å². The van der Waals surface area contributed by atoms with E-state index in [9.17, 15) is 0 Å². The molecule has 0 aliphatic carbocycles. The van der Waals surface area contributed by atoms with Crippen LogP contribution in [0.2, 0.25) is 0 Å². The Morgan fingerprint density at radius 1 is 1.50 bits per heavy atom. The molecule has 12 heavy (non-hydrogen) atoms. The van der Waals surface area contributed by atoms with Crippen LogP contribution >= 0.6 is 15.9 Å². The highest BCUT2D eigenvalue weighted by atomic mass is 79.9. The molecule has 0 bridgehead atoms. The summed E-state index contributed by atoms with van der Waals surface area (Å²) in [5.41, 5.74) is 0. The molecule has 1 rings (SSSR count). The summed E-state index contributed by atoms with van der Waals surface area (Å²) in [6.45, 7) is 7.23. The number of likely N-dealkylation sites (tertiary alicyclic amines) is 1. The van der Waals surface area contributed by atoms with Crippen LogP contribution in [-0.4, -0.2) is 29.4 Å². The standard InChI is InChI=1S/C10H20BrN/c1-9(2)5-7-12-6-3-4-10(12)8-11/h9-10H,3-8H2,1-2H3. The van der Waals surface area contributed by atoms with Crippen molar-refractivity contribution in [1.29, 1.82) is 0 Å². The largest absolute Gasteiger partial charge is 0.300 e. The van der Waals surface area contributed by atoms with E-state index in [0.29, 0.717) is 0 Å². The Bertz CT molecular complexity index is 125. The first-order valence-corrected chi connectivity index (χ1v) is 6.16. The van der Waals surface area contributed by atoms with Crippen LogP contribution in [0.15, 0.2) is 0 Å². The van der Waals surface area contributed by atoms with E-state index in [4.69, 9.17) is 0 Å². The maximum absolute atomic E-state index is 3.58. The molecule has 1 saturated heterocycles. The van der Waals surface area contributed by atoms with Gasteiger partial charge in [0.25, 0.3) is 0 Å². The lowest BCUT2D eigenvalue weighted by molar-refractivity contribution is 0.257. The average Bonchev–Trinajstić information content (AvgIpc) is 2.47. The molecule has 1 aliphatic heterocycles. The van der Waals surface area contributed by atoms with Crippen LogP contribution in [0.4, 0.5) is 0 Å². The number of halogens is 1. The van der Waals surface area contributed by atoms with Crippen molar-refractivity contribution < 1.29 is 0 Å². The first-order valence-electron chi connectivity index (χ1n) is 5.04. The van der Waals surface area contributed by atoms with E-state index in [1.54, 1.807) is 0 Å². The summed E-state index contributed by atoms with van der Waals surface area (Å²) in [6, 6.07) is 0.823. The Balaban J connectivity index is 2.21. The van der Waals surface area contributed by atoms with Crippen LogP contribution < -0.4 is 0 Å². The van der Waals surface area contributed by atoms with E-state index in [1.165, 1.54) is 32.4 Å². The molecule has 1 nitrogen and oxygen atoms in total. The molecule has 0 N–H and O–H groups in total. The maximum atomic E-state index is 3.58. The highest BCUT2D eigenvalue weighted by molar-refractivity contribution is 9.09. The molecule has 72 valence electrons. The SMILES string of the molecule is CC(C)CCN1CCCC1CBr. The van der Waals surface area contributed by atoms with Crippen molar-refractivity contribution in [3.05, 3.63) is 0 Å². The minimum absolute atomic E-state index is 0.823. The molecule has 2 heteroatoms. The summed E-state index contributed by atoms with van der Waals surface area (Å²) in [7, 11) is 0. The van der Waals surface area contributed by atoms with Gasteiger partial charge in [-0.15, -0.1) is 0 Å². The van der Waals surface area contributed by atoms with Crippen molar-refractivity contribution in [3.63, 3.8) is 0 Å². The van der Waals surface area contributed by atoms with Gasteiger partial charge in [0.2, 0.25) is 0 Å². The van der Waals surface area contributed by atoms with Crippen molar-refractivity contribution in [2.45, 2.75) is 39.2 Å². The number of hydrogen-bond donors (Lipinski definition) is 0. The highest BCUT2D eigenvalue weighted by Gasteiger charge is 2.22. The summed E-state index contributed by atoms with van der Waals surface area (Å²) in [6.07, 6.45) is 4.14. The average molecular weight is 234 g/mol. The third-order valence-corrected chi connectivity index (χ3v) is 3.42. The number of alkyl halides is 1. The molecule has 1 fully saturated rings. The lowest BCUT2D eigenvalue weighted by Gasteiger charge is -2.23. The van der Waals surface area contributed by atoms with Crippen molar-refractivity contribution >= 4 is 15.9 Å². The van der Waals surface area contributed by atoms with E-state index in [1.807, 2.05) is 0 Å². The molecule has 0 spiro atoms. The van der Waals surface area contributed by atoms with Crippen LogP contribution in [0.25, 0.3) is 0 Å². The molecule has 1 heterocycles. The normalized spacial score (nSPS) is 25.5. The van der Waals surface area contributed by atoms with Crippen molar-refractivity contribution in [1.82, 2.24) is 4.90 Å². The molecule has 0 radical (unpaired) electrons. The molecule has 0 aromatic heterocycles. The van der Waals surface area contributed by atoms with Gasteiger partial charge >= 0.3 is 0 Å². The van der Waals surface area contributed by atoms with Crippen LogP contribution in [0.5, 0.6) is 0 Å². The van der Waals surface area contributed by atoms with E-state index in [0.717, 1.165) is 17.3 Å². The zero-order valence-electron chi connectivity index (χ0n) is 8.22. The van der Waals surface area contributed by atoms with Crippen LogP contribution in [0.3, 0.4) is 0 Å². The minimum Gasteiger partial charge on any atom is -0.300 e. The Labute approximate surface area is 84.6 Å². The smallest absolute Gasteiger partial charge is 0.0193 e. The molecule has 0 amide bonds. The molecular weight excluding hydrogens is 214 g/mol. The molecule has 1 unspecified atom stereocenters. The quantitative estimate of drug-likeness (QED) is 0.676. The summed E-state index contributed by atoms with van der Waals surface area (Å²) >= 11 is 3.58. The van der Waals surface area contributed by atoms with Gasteiger partial charge in [-0.1, -0.05) is 29.8 Å². The number of hydrogen-bond acceptors (Lipinski definition) is 1. The third kappa shape index (κ3) is 3.06. The van der Waals surface area contributed by atoms with Gasteiger partial charge in [0.05, 0.1) is 0 Å². The second kappa shape index (κ2) is 5.23. The monoisotopic (exact) mass is 233 g/mol. The molecule has 1 atom stereocenters. The number of nitrogens with zero attached hydrogens (tertiary/aromatic N) is 1. The Morgan fingerprint density at radius 3 is 2.83 bits per heavy atom. The molecule has 0 aromatic carbocycles. The third-order valence-electron chi connectivity index (χ3n) is 2.67. The molecule has 0 aromatic rings. The molecule has 1 aliphatic rings. The van der Waals surface area contributed by atoms with Gasteiger partial charge in [-0.05, 0) is 38.3 Å². The fourth-order valence-electron chi connectivity index (χ4n) is 1.79. The highest BCUT2D eigenvalue weighted by Crippen LogP contribution is 2.19. The van der Waals surface area contributed by atoms with E-state index in [-0.39, 0.29) is 0 Å². The predicted molar refractivity (Wildman–Crippen MR) is 57.8 cm³/mol. The summed E-state index contributed by atoms with van der Waals surface area (Å²) in [5, 5.41) is 1.16. The summed E-state index contributed by atoms with van der Waals surface area (Å²) < 4.78 is 0. The fraction of sp³-hybridized carbons (Fsp3) is 1.00. The molecule has 0 saturated carbocycles. The van der Waals surface area contributed by atoms with Crippen molar-refractivity contribution in [2.75, 3.05) is 18.4 Å². The van der Waals surface area contributed by atoms with Crippen LogP contribution in [0.1, 0.15) is 33.1 Å². The lowest BCUT2D eigenvalue weighted by atomic mass is 10.1. The predicted octanol–water partition coefficient (Wildman–Crippen LogP) is 2.89. The second-order valence-corrected chi connectivity index (χ2v) is 4.82. The van der Waals surface area contributed by atoms with Gasteiger partial charge in [-0.2, -0.15) is 0 Å². The zero-order valence-corrected chi connectivity index (χ0v) is 9.81. The summed E-state index contributed by atoms with van der Waals surface area (Å²) in [5.74, 6) is 0.849. The van der Waals surface area contributed by atoms with E-state index < -0.39 is 0 Å². The maximum Gasteiger partial charge on any atom is 0.0193 e. The Kier molecular flexibility index (Phi) is 4.59. The Morgan fingerprint density at radius 2 is 2.25 bits per heavy atom.